The Kier molecular flexibility index (Phi) is 3.59. The van der Waals surface area contributed by atoms with E-state index < -0.39 is 11.9 Å². The number of rotatable bonds is 3. The molecule has 3 rings (SSSR count). The zero-order valence-corrected chi connectivity index (χ0v) is 11.7. The zero-order chi connectivity index (χ0) is 14.1. The first-order valence-electron chi connectivity index (χ1n) is 7.36. The Morgan fingerprint density at radius 2 is 2.15 bits per heavy atom. The minimum atomic E-state index is -0.784. The monoisotopic (exact) mass is 276 g/mol. The van der Waals surface area contributed by atoms with E-state index in [1.165, 1.54) is 6.42 Å². The van der Waals surface area contributed by atoms with E-state index in [0.717, 1.165) is 18.7 Å². The zero-order valence-electron chi connectivity index (χ0n) is 11.7. The smallest absolute Gasteiger partial charge is 0.307 e. The summed E-state index contributed by atoms with van der Waals surface area (Å²) in [4.78, 5) is 15.8. The number of hydrogen-bond acceptors (Lipinski definition) is 4. The lowest BCUT2D eigenvalue weighted by molar-refractivity contribution is -0.142. The second-order valence-corrected chi connectivity index (χ2v) is 6.10. The predicted octanol–water partition coefficient (Wildman–Crippen LogP) is 3.11. The van der Waals surface area contributed by atoms with E-state index in [1.54, 1.807) is 0 Å². The maximum absolute atomic E-state index is 11.3. The van der Waals surface area contributed by atoms with Crippen LogP contribution in [0.25, 0.3) is 0 Å². The predicted molar refractivity (Wildman–Crippen MR) is 72.3 cm³/mol. The number of carboxylic acid groups (broad SMARTS) is 1. The Hall–Kier alpha value is -1.65. The van der Waals surface area contributed by atoms with Gasteiger partial charge >= 0.3 is 5.97 Å². The Morgan fingerprint density at radius 3 is 2.85 bits per heavy atom. The summed E-state index contributed by atoms with van der Waals surface area (Å²) < 4.78 is 5.37. The number of allylic oxidation sites excluding steroid dienone is 2. The van der Waals surface area contributed by atoms with Crippen LogP contribution in [0.15, 0.2) is 16.7 Å². The molecule has 4 unspecified atom stereocenters. The van der Waals surface area contributed by atoms with E-state index >= 15 is 0 Å². The summed E-state index contributed by atoms with van der Waals surface area (Å²) in [5, 5.41) is 13.4. The van der Waals surface area contributed by atoms with Crippen LogP contribution in [0.4, 0.5) is 0 Å². The highest BCUT2D eigenvalue weighted by Crippen LogP contribution is 2.38. The molecule has 4 atom stereocenters. The summed E-state index contributed by atoms with van der Waals surface area (Å²) in [7, 11) is 0. The molecule has 108 valence electrons. The van der Waals surface area contributed by atoms with Gasteiger partial charge in [0.1, 0.15) is 0 Å². The normalized spacial score (nSPS) is 33.5. The number of aromatic nitrogens is 2. The van der Waals surface area contributed by atoms with Crippen molar-refractivity contribution in [3.63, 3.8) is 0 Å². The Bertz CT molecular complexity index is 523. The number of hydrogen-bond donors (Lipinski definition) is 1. The van der Waals surface area contributed by atoms with Crippen LogP contribution in [0.2, 0.25) is 0 Å². The van der Waals surface area contributed by atoms with E-state index in [-0.39, 0.29) is 5.92 Å². The molecule has 1 N–H and O–H groups in total. The summed E-state index contributed by atoms with van der Waals surface area (Å²) in [6.45, 7) is 2.24. The van der Waals surface area contributed by atoms with E-state index in [2.05, 4.69) is 17.1 Å². The van der Waals surface area contributed by atoms with Crippen molar-refractivity contribution >= 4 is 5.97 Å². The molecule has 0 bridgehead atoms. The topological polar surface area (TPSA) is 76.2 Å². The van der Waals surface area contributed by atoms with Crippen molar-refractivity contribution in [2.75, 3.05) is 0 Å². The van der Waals surface area contributed by atoms with E-state index in [1.807, 2.05) is 12.2 Å². The summed E-state index contributed by atoms with van der Waals surface area (Å²) in [5.41, 5.74) is 0. The highest BCUT2D eigenvalue weighted by atomic mass is 16.5. The van der Waals surface area contributed by atoms with Crippen molar-refractivity contribution in [3.05, 3.63) is 23.9 Å². The van der Waals surface area contributed by atoms with Crippen molar-refractivity contribution in [3.8, 4) is 0 Å². The van der Waals surface area contributed by atoms with Crippen molar-refractivity contribution in [2.24, 2.45) is 11.8 Å². The molecule has 0 aliphatic heterocycles. The molecule has 0 amide bonds. The van der Waals surface area contributed by atoms with Gasteiger partial charge < -0.3 is 9.63 Å². The molecule has 0 aromatic carbocycles. The molecular formula is C15H20N2O3. The number of carboxylic acids is 1. The SMILES string of the molecule is CC1CCC(c2noc(C3CC=CCC3C(=O)O)n2)C1. The Labute approximate surface area is 118 Å². The third-order valence-corrected chi connectivity index (χ3v) is 4.58. The molecule has 0 radical (unpaired) electrons. The molecule has 5 heteroatoms. The molecule has 20 heavy (non-hydrogen) atoms. The van der Waals surface area contributed by atoms with Gasteiger partial charge in [0.2, 0.25) is 5.89 Å². The van der Waals surface area contributed by atoms with Gasteiger partial charge in [-0.2, -0.15) is 4.98 Å². The fourth-order valence-corrected chi connectivity index (χ4v) is 3.37. The lowest BCUT2D eigenvalue weighted by Crippen LogP contribution is -2.23. The first kappa shape index (κ1) is 13.3. The van der Waals surface area contributed by atoms with Crippen LogP contribution in [0.5, 0.6) is 0 Å². The minimum Gasteiger partial charge on any atom is -0.481 e. The molecule has 1 fully saturated rings. The van der Waals surface area contributed by atoms with Gasteiger partial charge in [-0.1, -0.05) is 24.2 Å². The lowest BCUT2D eigenvalue weighted by Gasteiger charge is -2.21. The Balaban J connectivity index is 1.78. The van der Waals surface area contributed by atoms with Crippen molar-refractivity contribution in [2.45, 2.75) is 50.9 Å². The molecule has 1 saturated carbocycles. The number of aliphatic carboxylic acids is 1. The molecule has 2 aliphatic rings. The van der Waals surface area contributed by atoms with E-state index in [0.29, 0.717) is 30.6 Å². The average molecular weight is 276 g/mol. The molecule has 5 nitrogen and oxygen atoms in total. The second kappa shape index (κ2) is 5.38. The van der Waals surface area contributed by atoms with Crippen LogP contribution in [0.1, 0.15) is 62.6 Å². The minimum absolute atomic E-state index is 0.183. The van der Waals surface area contributed by atoms with Crippen molar-refractivity contribution in [1.29, 1.82) is 0 Å². The maximum atomic E-state index is 11.3. The molecule has 1 aromatic rings. The van der Waals surface area contributed by atoms with Crippen LogP contribution in [0, 0.1) is 11.8 Å². The third-order valence-electron chi connectivity index (χ3n) is 4.58. The fraction of sp³-hybridized carbons (Fsp3) is 0.667. The van der Waals surface area contributed by atoms with E-state index in [4.69, 9.17) is 4.52 Å². The van der Waals surface area contributed by atoms with Gasteiger partial charge in [-0.15, -0.1) is 0 Å². The van der Waals surface area contributed by atoms with Gasteiger partial charge in [0, 0.05) is 5.92 Å². The first-order valence-corrected chi connectivity index (χ1v) is 7.36. The molecule has 1 heterocycles. The lowest BCUT2D eigenvalue weighted by atomic mass is 9.83. The number of carbonyl (C=O) groups is 1. The maximum Gasteiger partial charge on any atom is 0.307 e. The fourth-order valence-electron chi connectivity index (χ4n) is 3.37. The highest BCUT2D eigenvalue weighted by molar-refractivity contribution is 5.71. The van der Waals surface area contributed by atoms with Crippen LogP contribution in [-0.4, -0.2) is 21.2 Å². The highest BCUT2D eigenvalue weighted by Gasteiger charge is 2.35. The van der Waals surface area contributed by atoms with Gasteiger partial charge in [0.15, 0.2) is 5.82 Å². The molecule has 0 spiro atoms. The quantitative estimate of drug-likeness (QED) is 0.858. The summed E-state index contributed by atoms with van der Waals surface area (Å²) >= 11 is 0. The molecule has 0 saturated heterocycles. The molecule has 2 aliphatic carbocycles. The summed E-state index contributed by atoms with van der Waals surface area (Å²) in [6, 6.07) is 0. The first-order chi connectivity index (χ1) is 9.65. The second-order valence-electron chi connectivity index (χ2n) is 6.10. The van der Waals surface area contributed by atoms with Gasteiger partial charge in [-0.3, -0.25) is 4.79 Å². The van der Waals surface area contributed by atoms with Crippen LogP contribution in [0.3, 0.4) is 0 Å². The van der Waals surface area contributed by atoms with Crippen molar-refractivity contribution in [1.82, 2.24) is 10.1 Å². The third kappa shape index (κ3) is 2.49. The molecule has 1 aromatic heterocycles. The van der Waals surface area contributed by atoms with E-state index in [9.17, 15) is 9.90 Å². The Morgan fingerprint density at radius 1 is 1.35 bits per heavy atom. The van der Waals surface area contributed by atoms with Gasteiger partial charge in [-0.05, 0) is 38.0 Å². The number of nitrogens with zero attached hydrogens (tertiary/aromatic N) is 2. The summed E-state index contributed by atoms with van der Waals surface area (Å²) in [5.74, 6) is 0.942. The summed E-state index contributed by atoms with van der Waals surface area (Å²) in [6.07, 6.45) is 8.55. The average Bonchev–Trinajstić information content (AvgIpc) is 3.07. The van der Waals surface area contributed by atoms with Crippen LogP contribution in [-0.2, 0) is 4.79 Å². The largest absolute Gasteiger partial charge is 0.481 e. The van der Waals surface area contributed by atoms with Crippen molar-refractivity contribution < 1.29 is 14.4 Å². The van der Waals surface area contributed by atoms with Crippen LogP contribution < -0.4 is 0 Å². The van der Waals surface area contributed by atoms with Crippen LogP contribution >= 0.6 is 0 Å². The standard InChI is InChI=1S/C15H20N2O3/c1-9-6-7-10(8-9)13-16-14(20-17-13)11-4-2-3-5-12(11)15(18)19/h2-3,9-12H,4-8H2,1H3,(H,18,19). The van der Waals surface area contributed by atoms with Gasteiger partial charge in [-0.25, -0.2) is 0 Å². The molecular weight excluding hydrogens is 256 g/mol. The van der Waals surface area contributed by atoms with Gasteiger partial charge in [0.25, 0.3) is 0 Å². The van der Waals surface area contributed by atoms with Gasteiger partial charge in [0.05, 0.1) is 11.8 Å².